The van der Waals surface area contributed by atoms with Crippen molar-refractivity contribution in [1.29, 1.82) is 0 Å². The third-order valence-electron chi connectivity index (χ3n) is 4.18. The largest absolute Gasteiger partial charge is 0.496 e. The van der Waals surface area contributed by atoms with Crippen LogP contribution in [0.1, 0.15) is 18.5 Å². The van der Waals surface area contributed by atoms with Crippen molar-refractivity contribution in [3.05, 3.63) is 36.0 Å². The van der Waals surface area contributed by atoms with Crippen LogP contribution in [0.3, 0.4) is 0 Å². The van der Waals surface area contributed by atoms with Gasteiger partial charge in [-0.25, -0.2) is 14.8 Å². The molecule has 1 saturated heterocycles. The molecule has 0 saturated carbocycles. The third-order valence-corrected chi connectivity index (χ3v) is 4.18. The Labute approximate surface area is 147 Å². The highest BCUT2D eigenvalue weighted by atomic mass is 19.4. The Balaban J connectivity index is 2.15. The number of benzene rings is 1. The number of para-hydroxylation sites is 1. The number of methoxy groups -OCH3 is 1. The van der Waals surface area contributed by atoms with Gasteiger partial charge in [0.05, 0.1) is 12.8 Å². The van der Waals surface area contributed by atoms with Gasteiger partial charge in [-0.1, -0.05) is 12.1 Å². The number of carboxylic acid groups (broad SMARTS) is 1. The molecule has 0 radical (unpaired) electrons. The lowest BCUT2D eigenvalue weighted by molar-refractivity contribution is -0.141. The molecular formula is C17H16F3N3O3. The summed E-state index contributed by atoms with van der Waals surface area (Å²) in [5.74, 6) is -0.991. The van der Waals surface area contributed by atoms with E-state index in [1.807, 2.05) is 0 Å². The number of ether oxygens (including phenoxy) is 1. The van der Waals surface area contributed by atoms with E-state index in [0.717, 1.165) is 6.07 Å². The SMILES string of the molecule is COc1ccccc1-c1cc(C(F)(F)F)nc(N2CCCC2C(=O)O)n1. The van der Waals surface area contributed by atoms with Crippen molar-refractivity contribution in [3.8, 4) is 17.0 Å². The lowest BCUT2D eigenvalue weighted by atomic mass is 10.1. The Morgan fingerprint density at radius 1 is 1.31 bits per heavy atom. The first-order chi connectivity index (χ1) is 12.3. The summed E-state index contributed by atoms with van der Waals surface area (Å²) < 4.78 is 45.2. The Kier molecular flexibility index (Phi) is 4.71. The number of alkyl halides is 3. The maximum absolute atomic E-state index is 13.3. The Morgan fingerprint density at radius 3 is 2.69 bits per heavy atom. The highest BCUT2D eigenvalue weighted by Gasteiger charge is 2.37. The van der Waals surface area contributed by atoms with Crippen molar-refractivity contribution < 1.29 is 27.8 Å². The Morgan fingerprint density at radius 2 is 2.04 bits per heavy atom. The van der Waals surface area contributed by atoms with Crippen LogP contribution in [0.4, 0.5) is 19.1 Å². The molecule has 6 nitrogen and oxygen atoms in total. The smallest absolute Gasteiger partial charge is 0.433 e. The molecule has 1 aromatic heterocycles. The van der Waals surface area contributed by atoms with Gasteiger partial charge in [0, 0.05) is 12.1 Å². The van der Waals surface area contributed by atoms with E-state index < -0.39 is 23.9 Å². The second-order valence-electron chi connectivity index (χ2n) is 5.83. The lowest BCUT2D eigenvalue weighted by Crippen LogP contribution is -2.37. The van der Waals surface area contributed by atoms with Gasteiger partial charge in [0.1, 0.15) is 11.8 Å². The summed E-state index contributed by atoms with van der Waals surface area (Å²) in [7, 11) is 1.41. The standard InChI is InChI=1S/C17H16F3N3O3/c1-26-13-7-3-2-5-10(13)11-9-14(17(18,19)20)22-16(21-11)23-8-4-6-12(23)15(24)25/h2-3,5,7,9,12H,4,6,8H2,1H3,(H,24,25). The number of carbonyl (C=O) groups is 1. The van der Waals surface area contributed by atoms with Gasteiger partial charge in [0.2, 0.25) is 5.95 Å². The zero-order valence-electron chi connectivity index (χ0n) is 13.8. The van der Waals surface area contributed by atoms with Crippen molar-refractivity contribution >= 4 is 11.9 Å². The number of aliphatic carboxylic acids is 1. The first-order valence-electron chi connectivity index (χ1n) is 7.90. The molecule has 1 aromatic carbocycles. The quantitative estimate of drug-likeness (QED) is 0.894. The van der Waals surface area contributed by atoms with Gasteiger partial charge in [0.25, 0.3) is 0 Å². The van der Waals surface area contributed by atoms with E-state index in [4.69, 9.17) is 4.74 Å². The maximum Gasteiger partial charge on any atom is 0.433 e. The van der Waals surface area contributed by atoms with E-state index in [1.165, 1.54) is 12.0 Å². The van der Waals surface area contributed by atoms with Crippen LogP contribution in [0.5, 0.6) is 5.75 Å². The fourth-order valence-corrected chi connectivity index (χ4v) is 2.97. The van der Waals surface area contributed by atoms with Crippen LogP contribution < -0.4 is 9.64 Å². The van der Waals surface area contributed by atoms with Crippen molar-refractivity contribution in [2.24, 2.45) is 0 Å². The van der Waals surface area contributed by atoms with Crippen LogP contribution >= 0.6 is 0 Å². The molecule has 9 heteroatoms. The second kappa shape index (κ2) is 6.81. The normalized spacial score (nSPS) is 17.4. The van der Waals surface area contributed by atoms with E-state index in [9.17, 15) is 23.1 Å². The van der Waals surface area contributed by atoms with Crippen LogP contribution in [0, 0.1) is 0 Å². The summed E-state index contributed by atoms with van der Waals surface area (Å²) in [4.78, 5) is 20.5. The molecule has 0 spiro atoms. The fourth-order valence-electron chi connectivity index (χ4n) is 2.97. The summed E-state index contributed by atoms with van der Waals surface area (Å²) in [6, 6.07) is 6.44. The van der Waals surface area contributed by atoms with Crippen molar-refractivity contribution in [2.45, 2.75) is 25.1 Å². The van der Waals surface area contributed by atoms with E-state index in [0.29, 0.717) is 24.2 Å². The fraction of sp³-hybridized carbons (Fsp3) is 0.353. The number of hydrogen-bond donors (Lipinski definition) is 1. The molecule has 1 aliphatic rings. The van der Waals surface area contributed by atoms with E-state index in [1.54, 1.807) is 24.3 Å². The lowest BCUT2D eigenvalue weighted by Gasteiger charge is -2.23. The topological polar surface area (TPSA) is 75.5 Å². The summed E-state index contributed by atoms with van der Waals surface area (Å²) in [6.07, 6.45) is -3.81. The van der Waals surface area contributed by atoms with Gasteiger partial charge >= 0.3 is 12.1 Å². The van der Waals surface area contributed by atoms with Gasteiger partial charge in [-0.05, 0) is 31.0 Å². The molecule has 1 aliphatic heterocycles. The number of halogens is 3. The highest BCUT2D eigenvalue weighted by Crippen LogP contribution is 2.35. The molecule has 138 valence electrons. The van der Waals surface area contributed by atoms with Crippen LogP contribution in [-0.4, -0.2) is 40.7 Å². The molecule has 1 atom stereocenters. The number of aromatic nitrogens is 2. The van der Waals surface area contributed by atoms with E-state index in [-0.39, 0.29) is 18.2 Å². The zero-order valence-corrected chi connectivity index (χ0v) is 13.8. The average Bonchev–Trinajstić information content (AvgIpc) is 3.10. The molecular weight excluding hydrogens is 351 g/mol. The van der Waals surface area contributed by atoms with Gasteiger partial charge in [-0.3, -0.25) is 0 Å². The number of carboxylic acids is 1. The molecule has 0 aliphatic carbocycles. The van der Waals surface area contributed by atoms with Gasteiger partial charge in [-0.2, -0.15) is 13.2 Å². The number of rotatable bonds is 4. The van der Waals surface area contributed by atoms with Crippen molar-refractivity contribution in [2.75, 3.05) is 18.6 Å². The van der Waals surface area contributed by atoms with Crippen LogP contribution in [0.2, 0.25) is 0 Å². The minimum Gasteiger partial charge on any atom is -0.496 e. The number of nitrogens with zero attached hydrogens (tertiary/aromatic N) is 3. The van der Waals surface area contributed by atoms with Crippen molar-refractivity contribution in [1.82, 2.24) is 9.97 Å². The minimum atomic E-state index is -4.69. The molecule has 1 N–H and O–H groups in total. The predicted octanol–water partition coefficient (Wildman–Crippen LogP) is 3.22. The van der Waals surface area contributed by atoms with Crippen LogP contribution in [0.15, 0.2) is 30.3 Å². The van der Waals surface area contributed by atoms with Gasteiger partial charge in [-0.15, -0.1) is 0 Å². The van der Waals surface area contributed by atoms with Gasteiger partial charge < -0.3 is 14.7 Å². The molecule has 0 amide bonds. The summed E-state index contributed by atoms with van der Waals surface area (Å²) in [6.45, 7) is 0.281. The third kappa shape index (κ3) is 3.42. The molecule has 1 fully saturated rings. The molecule has 26 heavy (non-hydrogen) atoms. The average molecular weight is 367 g/mol. The zero-order chi connectivity index (χ0) is 18.9. The van der Waals surface area contributed by atoms with Crippen molar-refractivity contribution in [3.63, 3.8) is 0 Å². The second-order valence-corrected chi connectivity index (χ2v) is 5.83. The summed E-state index contributed by atoms with van der Waals surface area (Å²) in [5, 5.41) is 9.30. The molecule has 2 heterocycles. The van der Waals surface area contributed by atoms with Crippen LogP contribution in [-0.2, 0) is 11.0 Å². The summed E-state index contributed by atoms with van der Waals surface area (Å²) in [5.41, 5.74) is -0.731. The first-order valence-corrected chi connectivity index (χ1v) is 7.90. The first kappa shape index (κ1) is 18.0. The van der Waals surface area contributed by atoms with Crippen LogP contribution in [0.25, 0.3) is 11.3 Å². The number of hydrogen-bond acceptors (Lipinski definition) is 5. The Bertz CT molecular complexity index is 826. The Hall–Kier alpha value is -2.84. The van der Waals surface area contributed by atoms with E-state index in [2.05, 4.69) is 9.97 Å². The predicted molar refractivity (Wildman–Crippen MR) is 87.0 cm³/mol. The highest BCUT2D eigenvalue weighted by molar-refractivity contribution is 5.78. The maximum atomic E-state index is 13.3. The molecule has 1 unspecified atom stereocenters. The molecule has 3 rings (SSSR count). The monoisotopic (exact) mass is 367 g/mol. The van der Waals surface area contributed by atoms with Gasteiger partial charge in [0.15, 0.2) is 5.69 Å². The molecule has 2 aromatic rings. The summed E-state index contributed by atoms with van der Waals surface area (Å²) >= 11 is 0. The van der Waals surface area contributed by atoms with E-state index >= 15 is 0 Å². The molecule has 0 bridgehead atoms. The minimum absolute atomic E-state index is 0.0239. The number of anilines is 1.